The van der Waals surface area contributed by atoms with E-state index in [4.69, 9.17) is 13.6 Å². The Balaban J connectivity index is 3.18. The molecule has 0 aliphatic rings. The first kappa shape index (κ1) is 27.0. The molecule has 0 aliphatic heterocycles. The van der Waals surface area contributed by atoms with Gasteiger partial charge in [-0.15, -0.1) is 0 Å². The van der Waals surface area contributed by atoms with Gasteiger partial charge in [-0.1, -0.05) is 41.5 Å². The van der Waals surface area contributed by atoms with Crippen molar-refractivity contribution in [2.45, 2.75) is 104 Å². The molecular weight excluding hydrogens is 416 g/mol. The van der Waals surface area contributed by atoms with Gasteiger partial charge in [0.2, 0.25) is 0 Å². The zero-order chi connectivity index (χ0) is 23.8. The molecule has 0 aliphatic carbocycles. The van der Waals surface area contributed by atoms with Crippen LogP contribution in [-0.2, 0) is 20.3 Å². The van der Waals surface area contributed by atoms with Gasteiger partial charge in [-0.25, -0.2) is 4.79 Å². The van der Waals surface area contributed by atoms with Gasteiger partial charge in [-0.3, -0.25) is 14.3 Å². The predicted octanol–water partition coefficient (Wildman–Crippen LogP) is 4.58. The summed E-state index contributed by atoms with van der Waals surface area (Å²) in [5.74, 6) is -1.03. The van der Waals surface area contributed by atoms with Gasteiger partial charge in [0.1, 0.15) is 6.73 Å². The predicted molar refractivity (Wildman–Crippen MR) is 127 cm³/mol. The van der Waals surface area contributed by atoms with E-state index in [1.165, 1.54) is 10.8 Å². The molecule has 9 heteroatoms. The second-order valence-corrected chi connectivity index (χ2v) is 20.9. The summed E-state index contributed by atoms with van der Waals surface area (Å²) < 4.78 is 20.6. The fourth-order valence-electron chi connectivity index (χ4n) is 2.24. The third-order valence-corrected chi connectivity index (χ3v) is 15.5. The summed E-state index contributed by atoms with van der Waals surface area (Å²) in [6, 6.07) is 0. The topological polar surface area (TPSA) is 82.6 Å². The molecule has 0 saturated heterocycles. The molecule has 1 rings (SSSR count). The van der Waals surface area contributed by atoms with Crippen LogP contribution in [0.25, 0.3) is 0 Å². The van der Waals surface area contributed by atoms with Gasteiger partial charge in [0.05, 0.1) is 6.61 Å². The Kier molecular flexibility index (Phi) is 7.98. The summed E-state index contributed by atoms with van der Waals surface area (Å²) in [6.07, 6.45) is 1.50. The van der Waals surface area contributed by atoms with Crippen molar-refractivity contribution in [3.05, 3.63) is 32.6 Å². The van der Waals surface area contributed by atoms with Gasteiger partial charge >= 0.3 is 5.69 Å². The zero-order valence-electron chi connectivity index (χ0n) is 21.0. The minimum atomic E-state index is -2.19. The van der Waals surface area contributed by atoms with Gasteiger partial charge in [-0.05, 0) is 50.1 Å². The molecule has 1 unspecified atom stereocenters. The Morgan fingerprint density at radius 2 is 1.43 bits per heavy atom. The van der Waals surface area contributed by atoms with Crippen LogP contribution < -0.4 is 11.2 Å². The van der Waals surface area contributed by atoms with Gasteiger partial charge < -0.3 is 13.6 Å². The molecule has 0 fully saturated rings. The molecule has 0 radical (unpaired) electrons. The van der Waals surface area contributed by atoms with E-state index in [2.05, 4.69) is 72.7 Å². The summed E-state index contributed by atoms with van der Waals surface area (Å²) in [5.41, 5.74) is -0.453. The molecule has 174 valence electrons. The fourth-order valence-corrected chi connectivity index (χ4v) is 4.80. The minimum absolute atomic E-state index is 0.0139. The maximum absolute atomic E-state index is 12.2. The maximum Gasteiger partial charge on any atom is 0.330 e. The maximum atomic E-state index is 12.2. The fraction of sp³-hybridized carbons (Fsp3) is 0.810. The largest absolute Gasteiger partial charge is 0.411 e. The molecule has 30 heavy (non-hydrogen) atoms. The minimum Gasteiger partial charge on any atom is -0.411 e. The van der Waals surface area contributed by atoms with Crippen molar-refractivity contribution in [2.75, 3.05) is 6.61 Å². The lowest BCUT2D eigenvalue weighted by atomic mass is 10.2. The number of aromatic nitrogens is 2. The van der Waals surface area contributed by atoms with Crippen LogP contribution in [0.1, 0.15) is 54.0 Å². The van der Waals surface area contributed by atoms with Crippen LogP contribution in [0.2, 0.25) is 36.3 Å². The number of hydrogen-bond donors (Lipinski definition) is 1. The average molecular weight is 459 g/mol. The zero-order valence-corrected chi connectivity index (χ0v) is 23.0. The smallest absolute Gasteiger partial charge is 0.330 e. The molecule has 1 aromatic heterocycles. The van der Waals surface area contributed by atoms with E-state index in [1.54, 1.807) is 6.92 Å². The van der Waals surface area contributed by atoms with Crippen molar-refractivity contribution in [3.63, 3.8) is 0 Å². The number of aromatic amines is 1. The Morgan fingerprint density at radius 3 is 1.90 bits per heavy atom. The van der Waals surface area contributed by atoms with Gasteiger partial charge in [0.15, 0.2) is 22.4 Å². The lowest BCUT2D eigenvalue weighted by Gasteiger charge is -2.45. The van der Waals surface area contributed by atoms with Crippen LogP contribution >= 0.6 is 0 Å². The normalized spacial score (nSPS) is 15.9. The van der Waals surface area contributed by atoms with E-state index in [0.29, 0.717) is 5.56 Å². The Hall–Kier alpha value is -1.01. The third kappa shape index (κ3) is 6.75. The van der Waals surface area contributed by atoms with E-state index in [0.717, 1.165) is 0 Å². The molecule has 1 heterocycles. The summed E-state index contributed by atoms with van der Waals surface area (Å²) >= 11 is 0. The first-order valence-electron chi connectivity index (χ1n) is 10.5. The van der Waals surface area contributed by atoms with E-state index in [9.17, 15) is 9.59 Å². The molecular formula is C21H42N2O5Si2. The van der Waals surface area contributed by atoms with Crippen LogP contribution in [0.3, 0.4) is 0 Å². The first-order valence-corrected chi connectivity index (χ1v) is 16.3. The SMILES string of the molecule is Cc1cn(COC(C)(CO[Si](C)(C)C(C)(C)C)O[Si](C)(C)C(C)(C)C)c(=O)[nH]c1=O. The van der Waals surface area contributed by atoms with E-state index < -0.39 is 33.7 Å². The second kappa shape index (κ2) is 8.86. The molecule has 1 atom stereocenters. The Morgan fingerprint density at radius 1 is 0.933 bits per heavy atom. The quantitative estimate of drug-likeness (QED) is 0.455. The molecule has 1 N–H and O–H groups in total. The summed E-state index contributed by atoms with van der Waals surface area (Å²) in [6.45, 7) is 25.6. The van der Waals surface area contributed by atoms with E-state index in [1.807, 2.05) is 6.92 Å². The van der Waals surface area contributed by atoms with Crippen molar-refractivity contribution < 1.29 is 13.6 Å². The van der Waals surface area contributed by atoms with Gasteiger partial charge in [0, 0.05) is 11.8 Å². The van der Waals surface area contributed by atoms with Crippen molar-refractivity contribution >= 4 is 16.6 Å². The molecule has 7 nitrogen and oxygen atoms in total. The van der Waals surface area contributed by atoms with Gasteiger partial charge in [-0.2, -0.15) is 0 Å². The Labute approximate surface area is 183 Å². The lowest BCUT2D eigenvalue weighted by Crippen LogP contribution is -2.54. The van der Waals surface area contributed by atoms with Crippen LogP contribution in [-0.4, -0.2) is 38.6 Å². The van der Waals surface area contributed by atoms with Crippen LogP contribution in [0, 0.1) is 6.92 Å². The first-order chi connectivity index (χ1) is 13.2. The standard InChI is InChI=1S/C21H42N2O5Si2/c1-16-13-23(18(25)22-17(16)24)15-26-21(8,28-30(11,12)20(5,6)7)14-27-29(9,10)19(2,3)4/h13H,14-15H2,1-12H3,(H,22,24,25). The average Bonchev–Trinajstić information content (AvgIpc) is 2.53. The van der Waals surface area contributed by atoms with Crippen LogP contribution in [0.5, 0.6) is 0 Å². The van der Waals surface area contributed by atoms with Crippen molar-refractivity contribution in [1.29, 1.82) is 0 Å². The highest BCUT2D eigenvalue weighted by Gasteiger charge is 2.46. The Bertz CT molecular complexity index is 847. The highest BCUT2D eigenvalue weighted by atomic mass is 28.4. The lowest BCUT2D eigenvalue weighted by molar-refractivity contribution is -0.216. The van der Waals surface area contributed by atoms with Crippen molar-refractivity contribution in [2.24, 2.45) is 0 Å². The van der Waals surface area contributed by atoms with Crippen molar-refractivity contribution in [3.8, 4) is 0 Å². The number of nitrogens with zero attached hydrogens (tertiary/aromatic N) is 1. The number of hydrogen-bond acceptors (Lipinski definition) is 5. The summed E-state index contributed by atoms with van der Waals surface area (Å²) in [7, 11) is -4.22. The van der Waals surface area contributed by atoms with Crippen molar-refractivity contribution in [1.82, 2.24) is 9.55 Å². The molecule has 0 bridgehead atoms. The number of rotatable bonds is 8. The number of nitrogens with one attached hydrogen (secondary N) is 1. The molecule has 0 amide bonds. The van der Waals surface area contributed by atoms with Crippen LogP contribution in [0.15, 0.2) is 15.8 Å². The summed E-state index contributed by atoms with van der Waals surface area (Å²) in [4.78, 5) is 26.1. The van der Waals surface area contributed by atoms with Crippen LogP contribution in [0.4, 0.5) is 0 Å². The highest BCUT2D eigenvalue weighted by molar-refractivity contribution is 6.74. The summed E-state index contributed by atoms with van der Waals surface area (Å²) in [5, 5.41) is 0.0395. The number of ether oxygens (including phenoxy) is 1. The molecule has 0 saturated carbocycles. The number of aryl methyl sites for hydroxylation is 1. The third-order valence-electron chi connectivity index (χ3n) is 6.48. The van der Waals surface area contributed by atoms with E-state index in [-0.39, 0.29) is 23.4 Å². The molecule has 1 aromatic rings. The monoisotopic (exact) mass is 458 g/mol. The highest BCUT2D eigenvalue weighted by Crippen LogP contribution is 2.41. The van der Waals surface area contributed by atoms with Gasteiger partial charge in [0.25, 0.3) is 5.56 Å². The molecule has 0 spiro atoms. The van der Waals surface area contributed by atoms with E-state index >= 15 is 0 Å². The molecule has 0 aromatic carbocycles. The second-order valence-electron chi connectivity index (χ2n) is 11.4. The number of H-pyrrole nitrogens is 1.